The Labute approximate surface area is 139 Å². The molecule has 0 saturated heterocycles. The zero-order valence-electron chi connectivity index (χ0n) is 12.4. The van der Waals surface area contributed by atoms with Crippen LogP contribution in [0.2, 0.25) is 0 Å². The molecule has 5 N–H and O–H groups in total. The minimum Gasteiger partial charge on any atom is -0.872 e. The number of hydrogen-bond donors (Lipinski definition) is 4. The SMILES string of the molecule is CN1C(N)=[N+](C)C(c2c(C(=O)O)[nH]c3cc([O-])c(Br)cc23)C1O. The molecule has 0 bridgehead atoms. The molecule has 0 saturated carbocycles. The second-order valence-electron chi connectivity index (χ2n) is 5.49. The van der Waals surface area contributed by atoms with Crippen LogP contribution in [0.1, 0.15) is 22.1 Å². The summed E-state index contributed by atoms with van der Waals surface area (Å²) in [5, 5.41) is 32.3. The number of carboxylic acids is 1. The van der Waals surface area contributed by atoms with Crippen molar-refractivity contribution in [3.63, 3.8) is 0 Å². The summed E-state index contributed by atoms with van der Waals surface area (Å²) < 4.78 is 1.93. The van der Waals surface area contributed by atoms with Crippen LogP contribution in [-0.4, -0.2) is 56.9 Å². The minimum atomic E-state index is -1.17. The number of aliphatic hydroxyl groups is 1. The Bertz CT molecular complexity index is 860. The highest BCUT2D eigenvalue weighted by Gasteiger charge is 2.44. The average Bonchev–Trinajstić information content (AvgIpc) is 2.92. The van der Waals surface area contributed by atoms with E-state index in [9.17, 15) is 20.1 Å². The molecule has 2 atom stereocenters. The van der Waals surface area contributed by atoms with E-state index >= 15 is 0 Å². The number of rotatable bonds is 2. The molecule has 0 spiro atoms. The standard InChI is InChI=1S/C14H15BrN4O4/c1-18-11(12(21)19(2)14(18)16)9-5-3-6(15)8(20)4-7(5)17-10(9)13(22)23/h3-4,11-12,16-17,21H,1-2H3,(H2,20,22,23). The Morgan fingerprint density at radius 1 is 1.52 bits per heavy atom. The van der Waals surface area contributed by atoms with Crippen molar-refractivity contribution < 1.29 is 24.7 Å². The van der Waals surface area contributed by atoms with E-state index in [-0.39, 0.29) is 11.4 Å². The van der Waals surface area contributed by atoms with E-state index in [1.807, 2.05) is 0 Å². The first-order valence-electron chi connectivity index (χ1n) is 6.75. The Hall–Kier alpha value is -2.26. The molecule has 3 rings (SSSR count). The molecule has 0 amide bonds. The van der Waals surface area contributed by atoms with Crippen molar-refractivity contribution in [1.82, 2.24) is 9.88 Å². The third-order valence-electron chi connectivity index (χ3n) is 4.22. The lowest BCUT2D eigenvalue weighted by atomic mass is 10.0. The Balaban J connectivity index is 2.34. The number of aromatic amines is 1. The van der Waals surface area contributed by atoms with Crippen LogP contribution in [0.5, 0.6) is 5.75 Å². The van der Waals surface area contributed by atoms with Crippen LogP contribution < -0.4 is 10.8 Å². The Kier molecular flexibility index (Phi) is 3.49. The molecule has 1 aromatic heterocycles. The molecule has 1 aromatic carbocycles. The van der Waals surface area contributed by atoms with Crippen LogP contribution in [-0.2, 0) is 0 Å². The number of aliphatic hydroxyl groups excluding tert-OH is 1. The highest BCUT2D eigenvalue weighted by molar-refractivity contribution is 9.10. The highest BCUT2D eigenvalue weighted by atomic mass is 79.9. The summed E-state index contributed by atoms with van der Waals surface area (Å²) >= 11 is 3.17. The van der Waals surface area contributed by atoms with Crippen molar-refractivity contribution in [3.8, 4) is 5.75 Å². The van der Waals surface area contributed by atoms with Gasteiger partial charge in [0.15, 0.2) is 6.04 Å². The van der Waals surface area contributed by atoms with E-state index < -0.39 is 18.2 Å². The van der Waals surface area contributed by atoms with E-state index in [4.69, 9.17) is 5.73 Å². The largest absolute Gasteiger partial charge is 0.872 e. The number of halogens is 1. The number of likely N-dealkylation sites (N-methyl/N-ethyl adjacent to an activating group) is 2. The zero-order chi connectivity index (χ0) is 17.0. The summed E-state index contributed by atoms with van der Waals surface area (Å²) in [5.74, 6) is -1.10. The fraction of sp³-hybridized carbons (Fsp3) is 0.286. The van der Waals surface area contributed by atoms with Gasteiger partial charge in [0, 0.05) is 20.9 Å². The van der Waals surface area contributed by atoms with Gasteiger partial charge in [-0.25, -0.2) is 9.69 Å². The number of aromatic nitrogens is 1. The normalized spacial score (nSPS) is 21.5. The van der Waals surface area contributed by atoms with Gasteiger partial charge in [0.1, 0.15) is 5.69 Å². The van der Waals surface area contributed by atoms with Gasteiger partial charge in [-0.1, -0.05) is 21.7 Å². The molecule has 1 aliphatic rings. The third kappa shape index (κ3) is 2.15. The van der Waals surface area contributed by atoms with Crippen LogP contribution >= 0.6 is 15.9 Å². The summed E-state index contributed by atoms with van der Waals surface area (Å²) in [4.78, 5) is 15.8. The number of aromatic carboxylic acids is 1. The van der Waals surface area contributed by atoms with Gasteiger partial charge in [-0.15, -0.1) is 0 Å². The molecule has 122 valence electrons. The van der Waals surface area contributed by atoms with Crippen molar-refractivity contribution in [2.75, 3.05) is 14.1 Å². The topological polar surface area (TPSA) is 129 Å². The summed E-state index contributed by atoms with van der Waals surface area (Å²) in [6.07, 6.45) is -1.01. The minimum absolute atomic E-state index is 0.0727. The van der Waals surface area contributed by atoms with Gasteiger partial charge in [0.25, 0.3) is 0 Å². The molecule has 0 radical (unpaired) electrons. The van der Waals surface area contributed by atoms with Crippen LogP contribution in [0.15, 0.2) is 16.6 Å². The zero-order valence-corrected chi connectivity index (χ0v) is 14.0. The number of nitrogens with one attached hydrogen (secondary N) is 1. The molecule has 8 nitrogen and oxygen atoms in total. The van der Waals surface area contributed by atoms with Crippen molar-refractivity contribution in [2.24, 2.45) is 5.73 Å². The lowest BCUT2D eigenvalue weighted by Crippen LogP contribution is -2.38. The Morgan fingerprint density at radius 2 is 2.17 bits per heavy atom. The molecule has 2 aromatic rings. The van der Waals surface area contributed by atoms with Gasteiger partial charge in [-0.2, -0.15) is 0 Å². The van der Waals surface area contributed by atoms with Gasteiger partial charge < -0.3 is 20.3 Å². The molecule has 23 heavy (non-hydrogen) atoms. The maximum atomic E-state index is 11.8. The fourth-order valence-electron chi connectivity index (χ4n) is 2.97. The fourth-order valence-corrected chi connectivity index (χ4v) is 3.32. The average molecular weight is 383 g/mol. The number of H-pyrrole nitrogens is 1. The highest BCUT2D eigenvalue weighted by Crippen LogP contribution is 2.38. The molecular weight excluding hydrogens is 368 g/mol. The summed E-state index contributed by atoms with van der Waals surface area (Å²) in [7, 11) is 3.30. The van der Waals surface area contributed by atoms with Crippen molar-refractivity contribution >= 4 is 38.8 Å². The molecule has 2 heterocycles. The van der Waals surface area contributed by atoms with Crippen molar-refractivity contribution in [2.45, 2.75) is 12.3 Å². The van der Waals surface area contributed by atoms with Gasteiger partial charge >= 0.3 is 11.9 Å². The predicted octanol–water partition coefficient (Wildman–Crippen LogP) is -0.0359. The predicted molar refractivity (Wildman–Crippen MR) is 84.3 cm³/mol. The van der Waals surface area contributed by atoms with Crippen LogP contribution in [0.4, 0.5) is 0 Å². The van der Waals surface area contributed by atoms with E-state index in [2.05, 4.69) is 20.9 Å². The van der Waals surface area contributed by atoms with E-state index in [1.165, 1.54) is 11.0 Å². The molecule has 2 unspecified atom stereocenters. The summed E-state index contributed by atoms with van der Waals surface area (Å²) in [6.45, 7) is 0. The van der Waals surface area contributed by atoms with E-state index in [1.54, 1.807) is 24.7 Å². The van der Waals surface area contributed by atoms with Crippen LogP contribution in [0.3, 0.4) is 0 Å². The summed E-state index contributed by atoms with van der Waals surface area (Å²) in [5.41, 5.74) is 6.64. The van der Waals surface area contributed by atoms with Crippen molar-refractivity contribution in [3.05, 3.63) is 27.9 Å². The lowest BCUT2D eigenvalue weighted by molar-refractivity contribution is -0.544. The number of fused-ring (bicyclic) bond motifs is 1. The first kappa shape index (κ1) is 15.6. The summed E-state index contributed by atoms with van der Waals surface area (Å²) in [6, 6.07) is 2.21. The van der Waals surface area contributed by atoms with Gasteiger partial charge in [-0.05, 0) is 12.1 Å². The molecule has 1 aliphatic heterocycles. The smallest absolute Gasteiger partial charge is 0.352 e. The number of carboxylic acid groups (broad SMARTS) is 1. The lowest BCUT2D eigenvalue weighted by Gasteiger charge is -2.17. The van der Waals surface area contributed by atoms with Crippen LogP contribution in [0.25, 0.3) is 10.9 Å². The van der Waals surface area contributed by atoms with Gasteiger partial charge in [0.2, 0.25) is 6.23 Å². The molecule has 9 heteroatoms. The number of nitrogens with zero attached hydrogens (tertiary/aromatic N) is 2. The monoisotopic (exact) mass is 382 g/mol. The number of benzene rings is 1. The number of guanidine groups is 1. The maximum absolute atomic E-state index is 11.8. The number of nitrogens with two attached hydrogens (primary N) is 1. The first-order valence-corrected chi connectivity index (χ1v) is 7.55. The second kappa shape index (κ2) is 5.14. The Morgan fingerprint density at radius 3 is 2.70 bits per heavy atom. The van der Waals surface area contributed by atoms with Crippen LogP contribution in [0, 0.1) is 0 Å². The second-order valence-corrected chi connectivity index (χ2v) is 6.34. The van der Waals surface area contributed by atoms with Gasteiger partial charge in [-0.3, -0.25) is 10.3 Å². The third-order valence-corrected chi connectivity index (χ3v) is 4.84. The maximum Gasteiger partial charge on any atom is 0.352 e. The molecule has 0 fully saturated rings. The van der Waals surface area contributed by atoms with Gasteiger partial charge in [0.05, 0.1) is 14.1 Å². The molecular formula is C14H15BrN4O4. The number of hydrogen-bond acceptors (Lipinski definition) is 5. The van der Waals surface area contributed by atoms with E-state index in [0.717, 1.165) is 0 Å². The molecule has 0 aliphatic carbocycles. The quantitative estimate of drug-likeness (QED) is 0.539. The first-order chi connectivity index (χ1) is 10.7. The van der Waals surface area contributed by atoms with E-state index in [0.29, 0.717) is 26.9 Å². The number of carbonyl (C=O) groups is 1. The van der Waals surface area contributed by atoms with Crippen molar-refractivity contribution in [1.29, 1.82) is 0 Å².